The Morgan fingerprint density at radius 2 is 1.74 bits per heavy atom. The number of aryl methyl sites for hydroxylation is 1. The summed E-state index contributed by atoms with van der Waals surface area (Å²) in [4.78, 5) is 4.14. The van der Waals surface area contributed by atoms with E-state index >= 15 is 0 Å². The molecule has 2 N–H and O–H groups in total. The molecule has 0 fully saturated rings. The number of ether oxygens (including phenoxy) is 1. The van der Waals surface area contributed by atoms with Gasteiger partial charge in [0, 0.05) is 18.1 Å². The molecule has 3 rings (SSSR count). The maximum absolute atomic E-state index is 6.24. The largest absolute Gasteiger partial charge is 0.489 e. The van der Waals surface area contributed by atoms with E-state index in [0.29, 0.717) is 0 Å². The Morgan fingerprint density at radius 1 is 1.04 bits per heavy atom. The van der Waals surface area contributed by atoms with Gasteiger partial charge >= 0.3 is 0 Å². The SMILES string of the molecule is CC(C)(C)c1ccc(CCC(Cn2ccnc2)Oc2ccc(N)cc2)cc1. The lowest BCUT2D eigenvalue weighted by Crippen LogP contribution is -2.23. The van der Waals surface area contributed by atoms with Crippen LogP contribution < -0.4 is 10.5 Å². The van der Waals surface area contributed by atoms with E-state index in [0.717, 1.165) is 30.8 Å². The summed E-state index contributed by atoms with van der Waals surface area (Å²) in [5.41, 5.74) is 9.39. The van der Waals surface area contributed by atoms with Crippen LogP contribution in [0.4, 0.5) is 5.69 Å². The van der Waals surface area contributed by atoms with Gasteiger partial charge in [-0.1, -0.05) is 45.0 Å². The molecular weight excluding hydrogens is 334 g/mol. The van der Waals surface area contributed by atoms with Gasteiger partial charge in [-0.3, -0.25) is 0 Å². The van der Waals surface area contributed by atoms with Gasteiger partial charge in [-0.2, -0.15) is 0 Å². The van der Waals surface area contributed by atoms with E-state index < -0.39 is 0 Å². The monoisotopic (exact) mass is 363 g/mol. The number of nitrogens with zero attached hydrogens (tertiary/aromatic N) is 2. The Morgan fingerprint density at radius 3 is 2.33 bits per heavy atom. The highest BCUT2D eigenvalue weighted by molar-refractivity contribution is 5.41. The van der Waals surface area contributed by atoms with Crippen LogP contribution in [0.25, 0.3) is 0 Å². The summed E-state index contributed by atoms with van der Waals surface area (Å²) in [5, 5.41) is 0. The van der Waals surface area contributed by atoms with Crippen LogP contribution in [0.5, 0.6) is 5.75 Å². The van der Waals surface area contributed by atoms with Crippen molar-refractivity contribution in [3.05, 3.63) is 78.4 Å². The zero-order valence-corrected chi connectivity index (χ0v) is 16.4. The number of nitrogen functional groups attached to an aromatic ring is 1. The third-order valence-corrected chi connectivity index (χ3v) is 4.73. The first kappa shape index (κ1) is 19.0. The fraction of sp³-hybridized carbons (Fsp3) is 0.348. The molecule has 1 aromatic heterocycles. The van der Waals surface area contributed by atoms with Crippen molar-refractivity contribution in [3.8, 4) is 5.75 Å². The number of rotatable bonds is 7. The van der Waals surface area contributed by atoms with Gasteiger partial charge in [-0.25, -0.2) is 4.98 Å². The molecule has 0 spiro atoms. The summed E-state index contributed by atoms with van der Waals surface area (Å²) >= 11 is 0. The molecular formula is C23H29N3O. The van der Waals surface area contributed by atoms with Crippen LogP contribution in [0.15, 0.2) is 67.3 Å². The zero-order chi connectivity index (χ0) is 19.3. The van der Waals surface area contributed by atoms with E-state index in [1.54, 1.807) is 6.20 Å². The van der Waals surface area contributed by atoms with Crippen LogP contribution in [0.2, 0.25) is 0 Å². The van der Waals surface area contributed by atoms with Gasteiger partial charge in [-0.15, -0.1) is 0 Å². The summed E-state index contributed by atoms with van der Waals surface area (Å²) in [6.45, 7) is 7.49. The molecule has 0 saturated heterocycles. The van der Waals surface area contributed by atoms with Crippen molar-refractivity contribution >= 4 is 5.69 Å². The summed E-state index contributed by atoms with van der Waals surface area (Å²) in [7, 11) is 0. The molecule has 2 aromatic carbocycles. The standard InChI is InChI=1S/C23H29N3O/c1-23(2,3)19-7-4-18(5-8-19)6-11-22(16-26-15-14-25-17-26)27-21-12-9-20(24)10-13-21/h4-5,7-10,12-15,17,22H,6,11,16,24H2,1-3H3. The number of anilines is 1. The Bertz CT molecular complexity index is 816. The maximum atomic E-state index is 6.24. The molecule has 142 valence electrons. The normalized spacial score (nSPS) is 12.7. The Hall–Kier alpha value is -2.75. The molecule has 4 heteroatoms. The molecule has 0 aliphatic carbocycles. The Balaban J connectivity index is 1.66. The molecule has 27 heavy (non-hydrogen) atoms. The second-order valence-electron chi connectivity index (χ2n) is 8.05. The van der Waals surface area contributed by atoms with Crippen molar-refractivity contribution in [2.45, 2.75) is 51.7 Å². The van der Waals surface area contributed by atoms with E-state index in [1.165, 1.54) is 11.1 Å². The first-order chi connectivity index (χ1) is 12.9. The lowest BCUT2D eigenvalue weighted by Gasteiger charge is -2.21. The Kier molecular flexibility index (Phi) is 5.84. The van der Waals surface area contributed by atoms with Crippen molar-refractivity contribution < 1.29 is 4.74 Å². The lowest BCUT2D eigenvalue weighted by atomic mass is 9.86. The molecule has 0 radical (unpaired) electrons. The van der Waals surface area contributed by atoms with E-state index in [1.807, 2.05) is 36.8 Å². The fourth-order valence-electron chi connectivity index (χ4n) is 3.06. The topological polar surface area (TPSA) is 53.1 Å². The first-order valence-corrected chi connectivity index (χ1v) is 9.47. The number of hydrogen-bond donors (Lipinski definition) is 1. The zero-order valence-electron chi connectivity index (χ0n) is 16.4. The van der Waals surface area contributed by atoms with Gasteiger partial charge in [0.1, 0.15) is 11.9 Å². The highest BCUT2D eigenvalue weighted by Crippen LogP contribution is 2.23. The van der Waals surface area contributed by atoms with Gasteiger partial charge in [0.05, 0.1) is 12.9 Å². The average molecular weight is 364 g/mol. The van der Waals surface area contributed by atoms with Gasteiger partial charge in [-0.05, 0) is 53.6 Å². The summed E-state index contributed by atoms with van der Waals surface area (Å²) in [6.07, 6.45) is 7.56. The molecule has 0 saturated carbocycles. The molecule has 4 nitrogen and oxygen atoms in total. The summed E-state index contributed by atoms with van der Waals surface area (Å²) in [5.74, 6) is 0.845. The molecule has 3 aromatic rings. The highest BCUT2D eigenvalue weighted by Gasteiger charge is 2.15. The van der Waals surface area contributed by atoms with Crippen LogP contribution in [-0.2, 0) is 18.4 Å². The van der Waals surface area contributed by atoms with E-state index in [2.05, 4.69) is 54.6 Å². The maximum Gasteiger partial charge on any atom is 0.119 e. The van der Waals surface area contributed by atoms with Gasteiger partial charge in [0.15, 0.2) is 0 Å². The minimum Gasteiger partial charge on any atom is -0.489 e. The van der Waals surface area contributed by atoms with Crippen LogP contribution in [0.3, 0.4) is 0 Å². The molecule has 1 atom stereocenters. The predicted octanol–water partition coefficient (Wildman–Crippen LogP) is 4.84. The van der Waals surface area contributed by atoms with Gasteiger partial charge in [0.2, 0.25) is 0 Å². The number of benzene rings is 2. The van der Waals surface area contributed by atoms with Crippen LogP contribution in [0, 0.1) is 0 Å². The van der Waals surface area contributed by atoms with Crippen molar-refractivity contribution in [2.75, 3.05) is 5.73 Å². The third kappa shape index (κ3) is 5.61. The average Bonchev–Trinajstić information content (AvgIpc) is 3.14. The molecule has 0 bridgehead atoms. The van der Waals surface area contributed by atoms with Crippen LogP contribution >= 0.6 is 0 Å². The van der Waals surface area contributed by atoms with Crippen LogP contribution in [-0.4, -0.2) is 15.7 Å². The number of imidazole rings is 1. The number of aromatic nitrogens is 2. The minimum absolute atomic E-state index is 0.0603. The van der Waals surface area contributed by atoms with Crippen LogP contribution in [0.1, 0.15) is 38.3 Å². The third-order valence-electron chi connectivity index (χ3n) is 4.73. The van der Waals surface area contributed by atoms with E-state index in [-0.39, 0.29) is 11.5 Å². The molecule has 1 heterocycles. The minimum atomic E-state index is 0.0603. The summed E-state index contributed by atoms with van der Waals surface area (Å²) in [6, 6.07) is 16.5. The smallest absolute Gasteiger partial charge is 0.119 e. The quantitative estimate of drug-likeness (QED) is 0.611. The molecule has 0 amide bonds. The van der Waals surface area contributed by atoms with Gasteiger partial charge in [0.25, 0.3) is 0 Å². The second-order valence-corrected chi connectivity index (χ2v) is 8.05. The Labute approximate surface area is 162 Å². The first-order valence-electron chi connectivity index (χ1n) is 9.47. The van der Waals surface area contributed by atoms with Gasteiger partial charge < -0.3 is 15.0 Å². The summed E-state index contributed by atoms with van der Waals surface area (Å²) < 4.78 is 8.30. The molecule has 0 aliphatic rings. The lowest BCUT2D eigenvalue weighted by molar-refractivity contribution is 0.170. The number of hydrogen-bond acceptors (Lipinski definition) is 3. The van der Waals surface area contributed by atoms with Crippen molar-refractivity contribution in [1.29, 1.82) is 0 Å². The molecule has 1 unspecified atom stereocenters. The molecule has 0 aliphatic heterocycles. The van der Waals surface area contributed by atoms with Crippen molar-refractivity contribution in [3.63, 3.8) is 0 Å². The fourth-order valence-corrected chi connectivity index (χ4v) is 3.06. The van der Waals surface area contributed by atoms with Crippen molar-refractivity contribution in [1.82, 2.24) is 9.55 Å². The number of nitrogens with two attached hydrogens (primary N) is 1. The predicted molar refractivity (Wildman–Crippen MR) is 111 cm³/mol. The highest BCUT2D eigenvalue weighted by atomic mass is 16.5. The van der Waals surface area contributed by atoms with E-state index in [4.69, 9.17) is 10.5 Å². The van der Waals surface area contributed by atoms with Crippen molar-refractivity contribution in [2.24, 2.45) is 0 Å². The second kappa shape index (κ2) is 8.30. The van der Waals surface area contributed by atoms with E-state index in [9.17, 15) is 0 Å².